The molecule has 4 heteroatoms. The van der Waals surface area contributed by atoms with Crippen molar-refractivity contribution < 1.29 is 9.53 Å². The number of carbonyl (C=O) groups is 1. The molecule has 1 aromatic rings. The Morgan fingerprint density at radius 1 is 1.39 bits per heavy atom. The fraction of sp³-hybridized carbons (Fsp3) is 0.500. The van der Waals surface area contributed by atoms with Gasteiger partial charge >= 0.3 is 6.09 Å². The summed E-state index contributed by atoms with van der Waals surface area (Å²) in [5, 5.41) is 0.706. The lowest BCUT2D eigenvalue weighted by Gasteiger charge is -2.26. The summed E-state index contributed by atoms with van der Waals surface area (Å²) in [6.45, 7) is 7.61. The fourth-order valence-electron chi connectivity index (χ4n) is 1.58. The average molecular weight is 314 g/mol. The molecule has 0 atom stereocenters. The van der Waals surface area contributed by atoms with Crippen LogP contribution in [0.4, 0.5) is 10.5 Å². The minimum Gasteiger partial charge on any atom is -0.443 e. The van der Waals surface area contributed by atoms with Gasteiger partial charge in [0, 0.05) is 12.4 Å². The molecule has 0 radical (unpaired) electrons. The first-order valence-electron chi connectivity index (χ1n) is 5.87. The Morgan fingerprint density at radius 3 is 2.50 bits per heavy atom. The molecule has 0 aliphatic heterocycles. The number of amides is 1. The fourth-order valence-corrected chi connectivity index (χ4v) is 2.03. The molecular weight excluding hydrogens is 294 g/mol. The number of rotatable bonds is 2. The molecule has 0 N–H and O–H groups in total. The van der Waals surface area contributed by atoms with Gasteiger partial charge in [0.1, 0.15) is 5.60 Å². The molecule has 0 unspecified atom stereocenters. The van der Waals surface area contributed by atoms with Crippen LogP contribution < -0.4 is 4.90 Å². The summed E-state index contributed by atoms with van der Waals surface area (Å²) in [6, 6.07) is 5.99. The topological polar surface area (TPSA) is 29.5 Å². The van der Waals surface area contributed by atoms with Gasteiger partial charge in [0.15, 0.2) is 0 Å². The molecular formula is C14H20BrNO2. The molecule has 18 heavy (non-hydrogen) atoms. The minimum absolute atomic E-state index is 0.339. The second kappa shape index (κ2) is 5.74. The van der Waals surface area contributed by atoms with Crippen LogP contribution in [-0.2, 0) is 10.1 Å². The molecule has 0 fully saturated rings. The van der Waals surface area contributed by atoms with Gasteiger partial charge in [-0.25, -0.2) is 4.79 Å². The molecule has 100 valence electrons. The summed E-state index contributed by atoms with van der Waals surface area (Å²) in [5.41, 5.74) is 2.63. The molecule has 0 aliphatic carbocycles. The Kier molecular flexibility index (Phi) is 4.79. The Bertz CT molecular complexity index is 438. The molecule has 0 saturated carbocycles. The van der Waals surface area contributed by atoms with Crippen molar-refractivity contribution in [3.63, 3.8) is 0 Å². The molecule has 1 rings (SSSR count). The smallest absolute Gasteiger partial charge is 0.414 e. The lowest BCUT2D eigenvalue weighted by atomic mass is 10.1. The summed E-state index contributed by atoms with van der Waals surface area (Å²) < 4.78 is 5.36. The second-order valence-electron chi connectivity index (χ2n) is 5.31. The van der Waals surface area contributed by atoms with Crippen molar-refractivity contribution >= 4 is 27.7 Å². The monoisotopic (exact) mass is 313 g/mol. The third-order valence-corrected chi connectivity index (χ3v) is 3.01. The van der Waals surface area contributed by atoms with Crippen LogP contribution in [0.25, 0.3) is 0 Å². The summed E-state index contributed by atoms with van der Waals surface area (Å²) >= 11 is 3.44. The summed E-state index contributed by atoms with van der Waals surface area (Å²) in [7, 11) is 1.73. The summed E-state index contributed by atoms with van der Waals surface area (Å²) in [5.74, 6) is 0. The van der Waals surface area contributed by atoms with E-state index in [1.807, 2.05) is 39.8 Å². The minimum atomic E-state index is -0.482. The third-order valence-electron chi connectivity index (χ3n) is 2.41. The van der Waals surface area contributed by atoms with E-state index in [2.05, 4.69) is 22.0 Å². The number of alkyl halides is 1. The Hall–Kier alpha value is -1.03. The number of halogens is 1. The number of nitrogens with zero attached hydrogens (tertiary/aromatic N) is 1. The van der Waals surface area contributed by atoms with Gasteiger partial charge in [-0.15, -0.1) is 0 Å². The zero-order chi connectivity index (χ0) is 13.9. The van der Waals surface area contributed by atoms with Crippen LogP contribution in [0.5, 0.6) is 0 Å². The standard InChI is InChI=1S/C14H20BrNO2/c1-10-6-7-12(11(8-10)9-15)16(5)13(17)18-14(2,3)4/h6-8H,9H2,1-5H3. The highest BCUT2D eigenvalue weighted by Crippen LogP contribution is 2.24. The van der Waals surface area contributed by atoms with Gasteiger partial charge in [0.25, 0.3) is 0 Å². The molecule has 3 nitrogen and oxygen atoms in total. The van der Waals surface area contributed by atoms with Crippen molar-refractivity contribution in [2.45, 2.75) is 38.6 Å². The van der Waals surface area contributed by atoms with E-state index in [1.54, 1.807) is 11.9 Å². The van der Waals surface area contributed by atoms with Gasteiger partial charge < -0.3 is 4.74 Å². The van der Waals surface area contributed by atoms with Crippen LogP contribution in [0.15, 0.2) is 18.2 Å². The Morgan fingerprint density at radius 2 is 2.00 bits per heavy atom. The first-order chi connectivity index (χ1) is 8.24. The molecule has 0 aliphatic rings. The number of hydrogen-bond acceptors (Lipinski definition) is 2. The lowest BCUT2D eigenvalue weighted by molar-refractivity contribution is 0.0589. The average Bonchev–Trinajstić information content (AvgIpc) is 2.25. The van der Waals surface area contributed by atoms with E-state index in [1.165, 1.54) is 5.56 Å². The van der Waals surface area contributed by atoms with Gasteiger partial charge in [-0.05, 0) is 39.3 Å². The Balaban J connectivity index is 2.96. The van der Waals surface area contributed by atoms with Gasteiger partial charge in [-0.2, -0.15) is 0 Å². The van der Waals surface area contributed by atoms with Crippen LogP contribution >= 0.6 is 15.9 Å². The van der Waals surface area contributed by atoms with E-state index >= 15 is 0 Å². The van der Waals surface area contributed by atoms with Crippen LogP contribution in [0.3, 0.4) is 0 Å². The zero-order valence-electron chi connectivity index (χ0n) is 11.6. The molecule has 1 aromatic carbocycles. The first-order valence-corrected chi connectivity index (χ1v) is 6.99. The maximum atomic E-state index is 12.0. The second-order valence-corrected chi connectivity index (χ2v) is 5.87. The first kappa shape index (κ1) is 15.0. The van der Waals surface area contributed by atoms with E-state index in [0.29, 0.717) is 5.33 Å². The van der Waals surface area contributed by atoms with Crippen LogP contribution in [0, 0.1) is 6.92 Å². The van der Waals surface area contributed by atoms with Gasteiger partial charge in [0.05, 0.1) is 5.69 Å². The van der Waals surface area contributed by atoms with Crippen LogP contribution in [-0.4, -0.2) is 18.7 Å². The van der Waals surface area contributed by atoms with Gasteiger partial charge in [-0.1, -0.05) is 33.6 Å². The van der Waals surface area contributed by atoms with Crippen molar-refractivity contribution in [3.05, 3.63) is 29.3 Å². The zero-order valence-corrected chi connectivity index (χ0v) is 13.2. The van der Waals surface area contributed by atoms with Crippen LogP contribution in [0.1, 0.15) is 31.9 Å². The number of anilines is 1. The van der Waals surface area contributed by atoms with E-state index in [0.717, 1.165) is 11.3 Å². The van der Waals surface area contributed by atoms with Crippen molar-refractivity contribution in [2.24, 2.45) is 0 Å². The van der Waals surface area contributed by atoms with Crippen molar-refractivity contribution in [3.8, 4) is 0 Å². The lowest BCUT2D eigenvalue weighted by Crippen LogP contribution is -2.34. The van der Waals surface area contributed by atoms with E-state index in [-0.39, 0.29) is 6.09 Å². The predicted octanol–water partition coefficient (Wildman–Crippen LogP) is 4.26. The summed E-state index contributed by atoms with van der Waals surface area (Å²) in [4.78, 5) is 13.5. The SMILES string of the molecule is Cc1ccc(N(C)C(=O)OC(C)(C)C)c(CBr)c1. The normalized spacial score (nSPS) is 11.2. The van der Waals surface area contributed by atoms with E-state index in [9.17, 15) is 4.79 Å². The highest BCUT2D eigenvalue weighted by molar-refractivity contribution is 9.08. The van der Waals surface area contributed by atoms with Gasteiger partial charge in [-0.3, -0.25) is 4.90 Å². The van der Waals surface area contributed by atoms with Crippen LogP contribution in [0.2, 0.25) is 0 Å². The predicted molar refractivity (Wildman–Crippen MR) is 78.4 cm³/mol. The number of carbonyl (C=O) groups excluding carboxylic acids is 1. The van der Waals surface area contributed by atoms with Crippen molar-refractivity contribution in [2.75, 3.05) is 11.9 Å². The highest BCUT2D eigenvalue weighted by atomic mass is 79.9. The quantitative estimate of drug-likeness (QED) is 0.763. The number of benzene rings is 1. The molecule has 0 saturated heterocycles. The van der Waals surface area contributed by atoms with Gasteiger partial charge in [0.2, 0.25) is 0 Å². The van der Waals surface area contributed by atoms with E-state index in [4.69, 9.17) is 4.74 Å². The number of ether oxygens (including phenoxy) is 1. The van der Waals surface area contributed by atoms with Crippen molar-refractivity contribution in [1.29, 1.82) is 0 Å². The highest BCUT2D eigenvalue weighted by Gasteiger charge is 2.21. The third kappa shape index (κ3) is 4.02. The van der Waals surface area contributed by atoms with Crippen molar-refractivity contribution in [1.82, 2.24) is 0 Å². The molecule has 0 aromatic heterocycles. The summed E-state index contributed by atoms with van der Waals surface area (Å²) in [6.07, 6.45) is -0.339. The maximum absolute atomic E-state index is 12.0. The maximum Gasteiger partial charge on any atom is 0.414 e. The molecule has 0 spiro atoms. The van der Waals surface area contributed by atoms with E-state index < -0.39 is 5.60 Å². The number of hydrogen-bond donors (Lipinski definition) is 0. The molecule has 0 bridgehead atoms. The number of aryl methyl sites for hydroxylation is 1. The largest absolute Gasteiger partial charge is 0.443 e. The molecule has 0 heterocycles. The molecule has 1 amide bonds. The Labute approximate surface area is 117 Å².